The summed E-state index contributed by atoms with van der Waals surface area (Å²) in [6.45, 7) is 2.73. The third kappa shape index (κ3) is 3.07. The second-order valence-corrected chi connectivity index (χ2v) is 4.94. The van der Waals surface area contributed by atoms with E-state index in [0.29, 0.717) is 12.5 Å². The molecule has 0 saturated carbocycles. The molecule has 1 aliphatic rings. The van der Waals surface area contributed by atoms with E-state index in [9.17, 15) is 4.79 Å². The van der Waals surface area contributed by atoms with E-state index in [0.717, 1.165) is 17.4 Å². The van der Waals surface area contributed by atoms with Gasteiger partial charge in [0.2, 0.25) is 0 Å². The molecule has 0 aliphatic carbocycles. The average molecular weight is 298 g/mol. The average Bonchev–Trinajstić information content (AvgIpc) is 2.76. The minimum absolute atomic E-state index is 0.0402. The predicted molar refractivity (Wildman–Crippen MR) is 71.2 cm³/mol. The minimum atomic E-state index is -0.300. The van der Waals surface area contributed by atoms with Crippen molar-refractivity contribution in [3.05, 3.63) is 29.8 Å². The first-order chi connectivity index (χ1) is 8.20. The van der Waals surface area contributed by atoms with Crippen molar-refractivity contribution < 1.29 is 9.53 Å². The lowest BCUT2D eigenvalue weighted by molar-refractivity contribution is -0.126. The van der Waals surface area contributed by atoms with Gasteiger partial charge in [0.05, 0.1) is 0 Å². The van der Waals surface area contributed by atoms with Crippen LogP contribution in [-0.2, 0) is 14.9 Å². The van der Waals surface area contributed by atoms with Crippen molar-refractivity contribution in [1.29, 1.82) is 0 Å². The van der Waals surface area contributed by atoms with E-state index in [1.807, 2.05) is 31.2 Å². The van der Waals surface area contributed by atoms with Gasteiger partial charge in [0.25, 0.3) is 5.91 Å². The third-order valence-corrected chi connectivity index (χ3v) is 3.67. The molecule has 0 aromatic heterocycles. The number of hydrogen-bond acceptors (Lipinski definition) is 2. The number of alkyl halides is 1. The first-order valence-electron chi connectivity index (χ1n) is 5.78. The van der Waals surface area contributed by atoms with Gasteiger partial charge in [-0.3, -0.25) is 4.79 Å². The Morgan fingerprint density at radius 3 is 2.71 bits per heavy atom. The molecule has 2 rings (SSSR count). The quantitative estimate of drug-likeness (QED) is 0.871. The summed E-state index contributed by atoms with van der Waals surface area (Å²) in [5.41, 5.74) is 2.01. The van der Waals surface area contributed by atoms with Crippen molar-refractivity contribution in [1.82, 2.24) is 0 Å². The van der Waals surface area contributed by atoms with Gasteiger partial charge in [0, 0.05) is 17.6 Å². The lowest BCUT2D eigenvalue weighted by Gasteiger charge is -2.14. The Labute approximate surface area is 110 Å². The number of carbonyl (C=O) groups is 1. The molecule has 1 aromatic carbocycles. The molecule has 0 radical (unpaired) electrons. The molecule has 1 heterocycles. The molecule has 0 spiro atoms. The number of halogens is 1. The topological polar surface area (TPSA) is 38.3 Å². The summed E-state index contributed by atoms with van der Waals surface area (Å²) >= 11 is 3.39. The largest absolute Gasteiger partial charge is 0.368 e. The van der Waals surface area contributed by atoms with E-state index >= 15 is 0 Å². The fourth-order valence-electron chi connectivity index (χ4n) is 1.92. The van der Waals surface area contributed by atoms with Crippen LogP contribution in [0.4, 0.5) is 5.69 Å². The number of nitrogens with one attached hydrogen (secondary N) is 1. The highest BCUT2D eigenvalue weighted by Crippen LogP contribution is 2.21. The van der Waals surface area contributed by atoms with Crippen LogP contribution < -0.4 is 5.32 Å². The van der Waals surface area contributed by atoms with Crippen molar-refractivity contribution in [2.75, 3.05) is 11.9 Å². The van der Waals surface area contributed by atoms with Crippen molar-refractivity contribution in [3.63, 3.8) is 0 Å². The zero-order chi connectivity index (χ0) is 12.3. The van der Waals surface area contributed by atoms with Crippen LogP contribution in [0.15, 0.2) is 24.3 Å². The highest BCUT2D eigenvalue weighted by molar-refractivity contribution is 9.08. The maximum atomic E-state index is 11.9. The molecule has 92 valence electrons. The summed E-state index contributed by atoms with van der Waals surface area (Å²) in [6, 6.07) is 7.80. The van der Waals surface area contributed by atoms with Crippen molar-refractivity contribution in [2.45, 2.75) is 24.8 Å². The number of benzene rings is 1. The molecular weight excluding hydrogens is 282 g/mol. The van der Waals surface area contributed by atoms with Gasteiger partial charge in [0.1, 0.15) is 6.10 Å². The van der Waals surface area contributed by atoms with Crippen molar-refractivity contribution in [2.24, 2.45) is 5.92 Å². The summed E-state index contributed by atoms with van der Waals surface area (Å²) in [7, 11) is 0. The molecule has 1 N–H and O–H groups in total. The fourth-order valence-corrected chi connectivity index (χ4v) is 2.30. The smallest absolute Gasteiger partial charge is 0.253 e. The van der Waals surface area contributed by atoms with Crippen molar-refractivity contribution in [3.8, 4) is 0 Å². The van der Waals surface area contributed by atoms with Crippen LogP contribution in [0.1, 0.15) is 18.9 Å². The SMILES string of the molecule is CC1CCOC1C(=O)Nc1ccc(CBr)cc1. The zero-order valence-electron chi connectivity index (χ0n) is 9.78. The summed E-state index contributed by atoms with van der Waals surface area (Å²) < 4.78 is 5.42. The van der Waals surface area contributed by atoms with E-state index < -0.39 is 0 Å². The molecule has 2 unspecified atom stereocenters. The maximum absolute atomic E-state index is 11.9. The number of hydrogen-bond donors (Lipinski definition) is 1. The molecule has 4 heteroatoms. The molecule has 1 amide bonds. The van der Waals surface area contributed by atoms with E-state index in [1.54, 1.807) is 0 Å². The molecule has 2 atom stereocenters. The van der Waals surface area contributed by atoms with E-state index in [2.05, 4.69) is 21.2 Å². The number of carbonyl (C=O) groups excluding carboxylic acids is 1. The summed E-state index contributed by atoms with van der Waals surface area (Å²) in [6.07, 6.45) is 0.659. The molecular formula is C13H16BrNO2. The van der Waals surface area contributed by atoms with Crippen LogP contribution in [-0.4, -0.2) is 18.6 Å². The van der Waals surface area contributed by atoms with Gasteiger partial charge in [-0.25, -0.2) is 0 Å². The van der Waals surface area contributed by atoms with E-state index in [-0.39, 0.29) is 12.0 Å². The lowest BCUT2D eigenvalue weighted by atomic mass is 10.0. The number of rotatable bonds is 3. The first-order valence-corrected chi connectivity index (χ1v) is 6.90. The minimum Gasteiger partial charge on any atom is -0.368 e. The summed E-state index contributed by atoms with van der Waals surface area (Å²) in [4.78, 5) is 11.9. The van der Waals surface area contributed by atoms with E-state index in [1.165, 1.54) is 5.56 Å². The van der Waals surface area contributed by atoms with Crippen LogP contribution in [0.5, 0.6) is 0 Å². The van der Waals surface area contributed by atoms with Gasteiger partial charge < -0.3 is 10.1 Å². The van der Waals surface area contributed by atoms with Gasteiger partial charge in [-0.2, -0.15) is 0 Å². The van der Waals surface area contributed by atoms with Crippen LogP contribution in [0.2, 0.25) is 0 Å². The molecule has 1 fully saturated rings. The Hall–Kier alpha value is -0.870. The maximum Gasteiger partial charge on any atom is 0.253 e. The first kappa shape index (κ1) is 12.6. The van der Waals surface area contributed by atoms with Gasteiger partial charge in [0.15, 0.2) is 0 Å². The lowest BCUT2D eigenvalue weighted by Crippen LogP contribution is -2.31. The predicted octanol–water partition coefficient (Wildman–Crippen LogP) is 2.95. The molecule has 3 nitrogen and oxygen atoms in total. The van der Waals surface area contributed by atoms with Gasteiger partial charge in [-0.15, -0.1) is 0 Å². The molecule has 1 aliphatic heterocycles. The summed E-state index contributed by atoms with van der Waals surface area (Å²) in [5.74, 6) is 0.262. The van der Waals surface area contributed by atoms with Crippen LogP contribution in [0.25, 0.3) is 0 Å². The normalized spacial score (nSPS) is 23.6. The summed E-state index contributed by atoms with van der Waals surface area (Å²) in [5, 5.41) is 3.71. The molecule has 1 saturated heterocycles. The third-order valence-electron chi connectivity index (χ3n) is 3.02. The molecule has 1 aromatic rings. The Balaban J connectivity index is 1.97. The Kier molecular flexibility index (Phi) is 4.18. The van der Waals surface area contributed by atoms with Gasteiger partial charge in [-0.1, -0.05) is 35.0 Å². The zero-order valence-corrected chi connectivity index (χ0v) is 11.4. The Morgan fingerprint density at radius 2 is 2.18 bits per heavy atom. The molecule has 0 bridgehead atoms. The van der Waals surface area contributed by atoms with E-state index in [4.69, 9.17) is 4.74 Å². The van der Waals surface area contributed by atoms with Crippen LogP contribution in [0.3, 0.4) is 0 Å². The highest BCUT2D eigenvalue weighted by Gasteiger charge is 2.30. The Bertz CT molecular complexity index is 391. The van der Waals surface area contributed by atoms with Crippen LogP contribution in [0, 0.1) is 5.92 Å². The monoisotopic (exact) mass is 297 g/mol. The molecule has 17 heavy (non-hydrogen) atoms. The van der Waals surface area contributed by atoms with Crippen molar-refractivity contribution >= 4 is 27.5 Å². The Morgan fingerprint density at radius 1 is 1.47 bits per heavy atom. The second-order valence-electron chi connectivity index (χ2n) is 4.38. The number of amides is 1. The van der Waals surface area contributed by atoms with Gasteiger partial charge >= 0.3 is 0 Å². The second kappa shape index (κ2) is 5.65. The highest BCUT2D eigenvalue weighted by atomic mass is 79.9. The number of ether oxygens (including phenoxy) is 1. The fraction of sp³-hybridized carbons (Fsp3) is 0.462. The standard InChI is InChI=1S/C13H16BrNO2/c1-9-6-7-17-12(9)13(16)15-11-4-2-10(8-14)3-5-11/h2-5,9,12H,6-8H2,1H3,(H,15,16). The van der Waals surface area contributed by atoms with Gasteiger partial charge in [-0.05, 0) is 30.0 Å². The number of anilines is 1. The van der Waals surface area contributed by atoms with Crippen LogP contribution >= 0.6 is 15.9 Å².